The van der Waals surface area contributed by atoms with E-state index in [0.29, 0.717) is 6.54 Å². The zero-order valence-electron chi connectivity index (χ0n) is 19.0. The van der Waals surface area contributed by atoms with Crippen LogP contribution in [0.2, 0.25) is 0 Å². The Labute approximate surface area is 179 Å². The number of amides is 1. The summed E-state index contributed by atoms with van der Waals surface area (Å²) in [4.78, 5) is 18.7. The number of hydrogen-bond acceptors (Lipinski definition) is 6. The molecular weight excluding hydrogens is 380 g/mol. The van der Waals surface area contributed by atoms with Crippen LogP contribution in [0, 0.1) is 20.8 Å². The van der Waals surface area contributed by atoms with Gasteiger partial charge in [-0.1, -0.05) is 0 Å². The fourth-order valence-electron chi connectivity index (χ4n) is 3.35. The number of fused-ring (bicyclic) bond motifs is 3. The maximum atomic E-state index is 11.7. The quantitative estimate of drug-likeness (QED) is 0.609. The predicted octanol–water partition coefficient (Wildman–Crippen LogP) is 4.19. The smallest absolute Gasteiger partial charge is 0.407 e. The Kier molecular flexibility index (Phi) is 6.14. The van der Waals surface area contributed by atoms with Crippen LogP contribution in [-0.2, 0) is 4.74 Å². The molecule has 0 bridgehead atoms. The standard InChI is InChI=1S/C22H32N6O2.H2/c1-14-12-17-18(13-15(14)2)28-16(3)25-26-20(28)19(24-17)27(7)11-9-8-10-23-21(29)30-22(4,5)6;/h12-13H,8-11H2,1-7H3,(H,23,29);1H. The average molecular weight is 415 g/mol. The Hall–Kier alpha value is -2.90. The van der Waals surface area contributed by atoms with Gasteiger partial charge in [-0.15, -0.1) is 10.2 Å². The molecule has 0 atom stereocenters. The lowest BCUT2D eigenvalue weighted by Crippen LogP contribution is -2.33. The molecular formula is C22H34N6O2. The molecule has 0 aliphatic rings. The molecule has 0 fully saturated rings. The summed E-state index contributed by atoms with van der Waals surface area (Å²) in [5.74, 6) is 1.66. The minimum atomic E-state index is -0.481. The van der Waals surface area contributed by atoms with E-state index in [1.807, 2.05) is 34.7 Å². The van der Waals surface area contributed by atoms with E-state index < -0.39 is 5.60 Å². The summed E-state index contributed by atoms with van der Waals surface area (Å²) < 4.78 is 7.33. The second-order valence-electron chi connectivity index (χ2n) is 8.82. The molecule has 1 aromatic carbocycles. The average Bonchev–Trinajstić information content (AvgIpc) is 3.02. The number of ether oxygens (including phenoxy) is 1. The van der Waals surface area contributed by atoms with Crippen LogP contribution in [0.1, 0.15) is 52.0 Å². The van der Waals surface area contributed by atoms with E-state index >= 15 is 0 Å². The summed E-state index contributed by atoms with van der Waals surface area (Å²) in [6.07, 6.45) is 1.37. The number of alkyl carbamates (subject to hydrolysis) is 1. The van der Waals surface area contributed by atoms with Gasteiger partial charge in [-0.2, -0.15) is 0 Å². The van der Waals surface area contributed by atoms with Gasteiger partial charge in [0.05, 0.1) is 11.0 Å². The van der Waals surface area contributed by atoms with Crippen molar-refractivity contribution in [3.8, 4) is 0 Å². The Morgan fingerprint density at radius 2 is 1.87 bits per heavy atom. The molecule has 164 valence electrons. The molecule has 3 rings (SSSR count). The number of hydrogen-bond donors (Lipinski definition) is 1. The van der Waals surface area contributed by atoms with Crippen LogP contribution in [0.5, 0.6) is 0 Å². The highest BCUT2D eigenvalue weighted by Gasteiger charge is 2.17. The largest absolute Gasteiger partial charge is 0.444 e. The maximum absolute atomic E-state index is 11.7. The Morgan fingerprint density at radius 1 is 1.17 bits per heavy atom. The van der Waals surface area contributed by atoms with Crippen LogP contribution in [0.25, 0.3) is 16.7 Å². The second kappa shape index (κ2) is 8.45. The first-order valence-electron chi connectivity index (χ1n) is 10.4. The topological polar surface area (TPSA) is 84.7 Å². The third kappa shape index (κ3) is 4.80. The van der Waals surface area contributed by atoms with Gasteiger partial charge >= 0.3 is 6.09 Å². The summed E-state index contributed by atoms with van der Waals surface area (Å²) in [5, 5.41) is 11.5. The summed E-state index contributed by atoms with van der Waals surface area (Å²) >= 11 is 0. The molecule has 8 heteroatoms. The van der Waals surface area contributed by atoms with Gasteiger partial charge in [-0.25, -0.2) is 9.78 Å². The Bertz CT molecular complexity index is 1070. The fraction of sp³-hybridized carbons (Fsp3) is 0.545. The van der Waals surface area contributed by atoms with Crippen molar-refractivity contribution in [2.75, 3.05) is 25.0 Å². The molecule has 2 heterocycles. The van der Waals surface area contributed by atoms with Crippen molar-refractivity contribution in [2.24, 2.45) is 0 Å². The Morgan fingerprint density at radius 3 is 2.57 bits per heavy atom. The van der Waals surface area contributed by atoms with E-state index in [9.17, 15) is 4.79 Å². The molecule has 0 aliphatic heterocycles. The van der Waals surface area contributed by atoms with Crippen molar-refractivity contribution in [3.05, 3.63) is 29.1 Å². The van der Waals surface area contributed by atoms with E-state index in [1.54, 1.807) is 0 Å². The predicted molar refractivity (Wildman–Crippen MR) is 121 cm³/mol. The summed E-state index contributed by atoms with van der Waals surface area (Å²) in [7, 11) is 2.01. The van der Waals surface area contributed by atoms with Gasteiger partial charge in [0, 0.05) is 21.6 Å². The number of carbonyl (C=O) groups excluding carboxylic acids is 1. The van der Waals surface area contributed by atoms with Gasteiger partial charge in [-0.05, 0) is 77.6 Å². The number of aromatic nitrogens is 4. The van der Waals surface area contributed by atoms with Gasteiger partial charge in [0.15, 0.2) is 5.82 Å². The number of carbonyl (C=O) groups is 1. The molecule has 0 saturated carbocycles. The molecule has 0 saturated heterocycles. The number of benzene rings is 1. The van der Waals surface area contributed by atoms with E-state index in [0.717, 1.165) is 47.7 Å². The minimum Gasteiger partial charge on any atom is -0.444 e. The molecule has 3 aromatic rings. The SMILES string of the molecule is Cc1cc2nc(N(C)CCCCNC(=O)OC(C)(C)C)c3nnc(C)n3c2cc1C.[HH]. The molecule has 0 spiro atoms. The number of unbranched alkanes of at least 4 members (excludes halogenated alkanes) is 1. The molecule has 0 radical (unpaired) electrons. The van der Waals surface area contributed by atoms with Crippen LogP contribution in [0.4, 0.5) is 10.6 Å². The molecule has 8 nitrogen and oxygen atoms in total. The summed E-state index contributed by atoms with van der Waals surface area (Å²) in [6, 6.07) is 4.26. The van der Waals surface area contributed by atoms with Gasteiger partial charge in [0.25, 0.3) is 0 Å². The molecule has 1 N–H and O–H groups in total. The van der Waals surface area contributed by atoms with Crippen LogP contribution >= 0.6 is 0 Å². The Balaban J connectivity index is 0.00000341. The first-order valence-corrected chi connectivity index (χ1v) is 10.4. The van der Waals surface area contributed by atoms with Crippen LogP contribution in [0.15, 0.2) is 12.1 Å². The summed E-state index contributed by atoms with van der Waals surface area (Å²) in [5.41, 5.74) is 4.66. The maximum Gasteiger partial charge on any atom is 0.407 e. The number of rotatable bonds is 6. The molecule has 30 heavy (non-hydrogen) atoms. The van der Waals surface area contributed by atoms with Crippen LogP contribution in [-0.4, -0.2) is 51.4 Å². The van der Waals surface area contributed by atoms with Crippen LogP contribution in [0.3, 0.4) is 0 Å². The third-order valence-electron chi connectivity index (χ3n) is 5.03. The zero-order chi connectivity index (χ0) is 22.1. The third-order valence-corrected chi connectivity index (χ3v) is 5.03. The van der Waals surface area contributed by atoms with E-state index in [4.69, 9.17) is 9.72 Å². The van der Waals surface area contributed by atoms with Crippen molar-refractivity contribution < 1.29 is 11.0 Å². The van der Waals surface area contributed by atoms with Crippen LogP contribution < -0.4 is 10.2 Å². The van der Waals surface area contributed by atoms with E-state index in [-0.39, 0.29) is 7.52 Å². The van der Waals surface area contributed by atoms with Crippen molar-refractivity contribution in [3.63, 3.8) is 0 Å². The molecule has 1 amide bonds. The molecule has 2 aromatic heterocycles. The van der Waals surface area contributed by atoms with E-state index in [1.165, 1.54) is 11.1 Å². The highest BCUT2D eigenvalue weighted by Crippen LogP contribution is 2.26. The molecule has 0 aliphatic carbocycles. The number of aryl methyl sites for hydroxylation is 3. The first kappa shape index (κ1) is 21.8. The lowest BCUT2D eigenvalue weighted by Gasteiger charge is -2.21. The first-order chi connectivity index (χ1) is 14.1. The fourth-order valence-corrected chi connectivity index (χ4v) is 3.35. The number of nitrogens with zero attached hydrogens (tertiary/aromatic N) is 5. The summed E-state index contributed by atoms with van der Waals surface area (Å²) in [6.45, 7) is 13.1. The molecule has 0 unspecified atom stereocenters. The van der Waals surface area contributed by atoms with E-state index in [2.05, 4.69) is 50.8 Å². The van der Waals surface area contributed by atoms with Crippen molar-refractivity contribution in [1.29, 1.82) is 0 Å². The van der Waals surface area contributed by atoms with Gasteiger partial charge in [0.1, 0.15) is 11.4 Å². The van der Waals surface area contributed by atoms with Crippen molar-refractivity contribution >= 4 is 28.6 Å². The van der Waals surface area contributed by atoms with Gasteiger partial charge in [-0.3, -0.25) is 4.40 Å². The second-order valence-corrected chi connectivity index (χ2v) is 8.82. The zero-order valence-corrected chi connectivity index (χ0v) is 19.0. The lowest BCUT2D eigenvalue weighted by molar-refractivity contribution is 0.0527. The van der Waals surface area contributed by atoms with Crippen molar-refractivity contribution in [2.45, 2.75) is 60.0 Å². The monoisotopic (exact) mass is 414 g/mol. The normalized spacial score (nSPS) is 11.8. The minimum absolute atomic E-state index is 0. The number of anilines is 1. The van der Waals surface area contributed by atoms with Gasteiger partial charge in [0.2, 0.25) is 5.65 Å². The van der Waals surface area contributed by atoms with Gasteiger partial charge < -0.3 is 15.0 Å². The number of nitrogens with one attached hydrogen (secondary N) is 1. The highest BCUT2D eigenvalue weighted by atomic mass is 16.6. The van der Waals surface area contributed by atoms with Crippen molar-refractivity contribution in [1.82, 2.24) is 24.9 Å². The lowest BCUT2D eigenvalue weighted by atomic mass is 10.1. The highest BCUT2D eigenvalue weighted by molar-refractivity contribution is 5.84.